The summed E-state index contributed by atoms with van der Waals surface area (Å²) in [4.78, 5) is 15.5. The highest BCUT2D eigenvalue weighted by molar-refractivity contribution is 7.13. The second-order valence-electron chi connectivity index (χ2n) is 3.08. The minimum atomic E-state index is -0.412. The first-order valence-corrected chi connectivity index (χ1v) is 5.65. The first kappa shape index (κ1) is 10.8. The zero-order chi connectivity index (χ0) is 11.5. The molecule has 0 aliphatic rings. The van der Waals surface area contributed by atoms with Crippen molar-refractivity contribution in [2.24, 2.45) is 0 Å². The summed E-state index contributed by atoms with van der Waals surface area (Å²) in [6, 6.07) is 1.77. The van der Waals surface area contributed by atoms with Crippen LogP contribution >= 0.6 is 11.3 Å². The van der Waals surface area contributed by atoms with E-state index >= 15 is 0 Å². The fourth-order valence-electron chi connectivity index (χ4n) is 1.16. The van der Waals surface area contributed by atoms with Crippen LogP contribution in [0, 0.1) is 6.92 Å². The lowest BCUT2D eigenvalue weighted by atomic mass is 10.4. The third-order valence-corrected chi connectivity index (χ3v) is 2.70. The molecule has 0 aliphatic heterocycles. The molecule has 2 aromatic heterocycles. The van der Waals surface area contributed by atoms with Gasteiger partial charge in [-0.25, -0.2) is 9.78 Å². The lowest BCUT2D eigenvalue weighted by molar-refractivity contribution is 0.0520. The van der Waals surface area contributed by atoms with Crippen molar-refractivity contribution >= 4 is 17.3 Å². The van der Waals surface area contributed by atoms with Crippen LogP contribution in [0.4, 0.5) is 0 Å². The van der Waals surface area contributed by atoms with Crippen LogP contribution in [0.2, 0.25) is 0 Å². The molecule has 0 radical (unpaired) electrons. The summed E-state index contributed by atoms with van der Waals surface area (Å²) in [5, 5.41) is 6.13. The van der Waals surface area contributed by atoms with Crippen LogP contribution in [0.1, 0.15) is 23.2 Å². The van der Waals surface area contributed by atoms with Crippen molar-refractivity contribution in [2.45, 2.75) is 13.8 Å². The third kappa shape index (κ3) is 2.11. The maximum atomic E-state index is 11.4. The topological polar surface area (TPSA) is 65.2 Å². The van der Waals surface area contributed by atoms with Gasteiger partial charge >= 0.3 is 5.97 Å². The lowest BCUT2D eigenvalue weighted by Gasteiger charge is -1.95. The molecule has 0 spiro atoms. The van der Waals surface area contributed by atoms with Gasteiger partial charge < -0.3 is 9.26 Å². The standard InChI is InChI=1S/C10H10N2O3S/c1-3-14-10(13)8-5-16-9(11-8)7-4-6(2)15-12-7/h4-5H,3H2,1-2H3. The molecular weight excluding hydrogens is 228 g/mol. The maximum Gasteiger partial charge on any atom is 0.357 e. The highest BCUT2D eigenvalue weighted by Gasteiger charge is 2.14. The van der Waals surface area contributed by atoms with Crippen LogP contribution in [0.15, 0.2) is 16.0 Å². The summed E-state index contributed by atoms with van der Waals surface area (Å²) in [5.74, 6) is 0.299. The Labute approximate surface area is 96.0 Å². The average molecular weight is 238 g/mol. The van der Waals surface area contributed by atoms with E-state index < -0.39 is 5.97 Å². The number of esters is 1. The van der Waals surface area contributed by atoms with Crippen LogP contribution < -0.4 is 0 Å². The van der Waals surface area contributed by atoms with Crippen molar-refractivity contribution in [1.29, 1.82) is 0 Å². The van der Waals surface area contributed by atoms with E-state index in [1.165, 1.54) is 11.3 Å². The normalized spacial score (nSPS) is 10.4. The average Bonchev–Trinajstić information content (AvgIpc) is 2.85. The van der Waals surface area contributed by atoms with Gasteiger partial charge in [-0.1, -0.05) is 5.16 Å². The monoisotopic (exact) mass is 238 g/mol. The summed E-state index contributed by atoms with van der Waals surface area (Å²) in [6.45, 7) is 3.90. The van der Waals surface area contributed by atoms with Gasteiger partial charge in [-0.2, -0.15) is 0 Å². The predicted octanol–water partition coefficient (Wildman–Crippen LogP) is 2.28. The van der Waals surface area contributed by atoms with E-state index in [0.29, 0.717) is 28.8 Å². The molecule has 0 N–H and O–H groups in total. The Morgan fingerprint density at radius 3 is 3.06 bits per heavy atom. The molecule has 5 nitrogen and oxygen atoms in total. The molecule has 0 amide bonds. The molecule has 0 atom stereocenters. The largest absolute Gasteiger partial charge is 0.461 e. The first-order valence-electron chi connectivity index (χ1n) is 4.77. The number of hydrogen-bond acceptors (Lipinski definition) is 6. The van der Waals surface area contributed by atoms with E-state index in [1.54, 1.807) is 25.3 Å². The van der Waals surface area contributed by atoms with Crippen molar-refractivity contribution < 1.29 is 14.1 Å². The summed E-state index contributed by atoms with van der Waals surface area (Å²) >= 11 is 1.34. The number of carbonyl (C=O) groups excluding carboxylic acids is 1. The van der Waals surface area contributed by atoms with Gasteiger partial charge in [0.05, 0.1) is 6.61 Å². The molecular formula is C10H10N2O3S. The fourth-order valence-corrected chi connectivity index (χ4v) is 1.90. The van der Waals surface area contributed by atoms with E-state index in [4.69, 9.17) is 9.26 Å². The van der Waals surface area contributed by atoms with Crippen LogP contribution in [-0.2, 0) is 4.74 Å². The first-order chi connectivity index (χ1) is 7.70. The number of aryl methyl sites for hydroxylation is 1. The summed E-state index contributed by atoms with van der Waals surface area (Å²) in [6.07, 6.45) is 0. The predicted molar refractivity (Wildman–Crippen MR) is 58.3 cm³/mol. The smallest absolute Gasteiger partial charge is 0.357 e. The molecule has 2 aromatic rings. The Balaban J connectivity index is 2.22. The minimum Gasteiger partial charge on any atom is -0.461 e. The van der Waals surface area contributed by atoms with Crippen molar-refractivity contribution in [1.82, 2.24) is 10.1 Å². The van der Waals surface area contributed by atoms with Crippen LogP contribution in [0.25, 0.3) is 10.7 Å². The quantitative estimate of drug-likeness (QED) is 0.767. The summed E-state index contributed by atoms with van der Waals surface area (Å²) < 4.78 is 9.78. The SMILES string of the molecule is CCOC(=O)c1csc(-c2cc(C)on2)n1. The van der Waals surface area contributed by atoms with Crippen molar-refractivity contribution in [2.75, 3.05) is 6.61 Å². The van der Waals surface area contributed by atoms with Gasteiger partial charge in [0.15, 0.2) is 5.69 Å². The van der Waals surface area contributed by atoms with Crippen LogP contribution in [0.5, 0.6) is 0 Å². The molecule has 6 heteroatoms. The molecule has 0 bridgehead atoms. The van der Waals surface area contributed by atoms with Crippen molar-refractivity contribution in [3.63, 3.8) is 0 Å². The number of thiazole rings is 1. The Bertz CT molecular complexity index is 504. The Hall–Kier alpha value is -1.69. The molecule has 0 aliphatic carbocycles. The summed E-state index contributed by atoms with van der Waals surface area (Å²) in [7, 11) is 0. The number of carbonyl (C=O) groups is 1. The Morgan fingerprint density at radius 1 is 1.62 bits per heavy atom. The number of nitrogens with zero attached hydrogens (tertiary/aromatic N) is 2. The highest BCUT2D eigenvalue weighted by atomic mass is 32.1. The maximum absolute atomic E-state index is 11.4. The Kier molecular flexibility index (Phi) is 3.00. The van der Waals surface area contributed by atoms with Crippen molar-refractivity contribution in [3.05, 3.63) is 22.9 Å². The second kappa shape index (κ2) is 4.44. The number of rotatable bonds is 3. The summed E-state index contributed by atoms with van der Waals surface area (Å²) in [5.41, 5.74) is 0.945. The molecule has 0 unspecified atom stereocenters. The van der Waals surface area contributed by atoms with Gasteiger partial charge in [0.25, 0.3) is 0 Å². The molecule has 16 heavy (non-hydrogen) atoms. The van der Waals surface area contributed by atoms with Gasteiger partial charge in [-0.3, -0.25) is 0 Å². The number of hydrogen-bond donors (Lipinski definition) is 0. The van der Waals surface area contributed by atoms with E-state index in [-0.39, 0.29) is 0 Å². The molecule has 0 saturated carbocycles. The van der Waals surface area contributed by atoms with Gasteiger partial charge in [0.2, 0.25) is 0 Å². The molecule has 2 heterocycles. The molecule has 84 valence electrons. The Morgan fingerprint density at radius 2 is 2.44 bits per heavy atom. The second-order valence-corrected chi connectivity index (χ2v) is 3.94. The van der Waals surface area contributed by atoms with Gasteiger partial charge in [-0.05, 0) is 13.8 Å². The number of aromatic nitrogens is 2. The van der Waals surface area contributed by atoms with E-state index in [9.17, 15) is 4.79 Å². The number of ether oxygens (including phenoxy) is 1. The third-order valence-electron chi connectivity index (χ3n) is 1.84. The van der Waals surface area contributed by atoms with Gasteiger partial charge in [0.1, 0.15) is 16.5 Å². The highest BCUT2D eigenvalue weighted by Crippen LogP contribution is 2.23. The molecule has 0 saturated heterocycles. The van der Waals surface area contributed by atoms with E-state index in [0.717, 1.165) is 0 Å². The molecule has 2 rings (SSSR count). The van der Waals surface area contributed by atoms with Crippen LogP contribution in [-0.4, -0.2) is 22.7 Å². The van der Waals surface area contributed by atoms with Gasteiger partial charge in [-0.15, -0.1) is 11.3 Å². The zero-order valence-corrected chi connectivity index (χ0v) is 9.71. The van der Waals surface area contributed by atoms with Crippen LogP contribution in [0.3, 0.4) is 0 Å². The van der Waals surface area contributed by atoms with E-state index in [2.05, 4.69) is 10.1 Å². The van der Waals surface area contributed by atoms with E-state index in [1.807, 2.05) is 0 Å². The van der Waals surface area contributed by atoms with Crippen molar-refractivity contribution in [3.8, 4) is 10.7 Å². The molecule has 0 fully saturated rings. The fraction of sp³-hybridized carbons (Fsp3) is 0.300. The molecule has 0 aromatic carbocycles. The van der Waals surface area contributed by atoms with Gasteiger partial charge in [0, 0.05) is 11.4 Å². The minimum absolute atomic E-state index is 0.308. The lowest BCUT2D eigenvalue weighted by Crippen LogP contribution is -2.04. The zero-order valence-electron chi connectivity index (χ0n) is 8.89.